The molecule has 0 atom stereocenters. The molecule has 22 heavy (non-hydrogen) atoms. The molecule has 118 valence electrons. The number of anilines is 3. The molecule has 6 heteroatoms. The Kier molecular flexibility index (Phi) is 4.32. The van der Waals surface area contributed by atoms with Gasteiger partial charge in [-0.05, 0) is 42.5 Å². The Labute approximate surface area is 131 Å². The molecule has 0 saturated heterocycles. The molecule has 2 aromatic carbocycles. The minimum absolute atomic E-state index is 0.238. The van der Waals surface area contributed by atoms with Crippen molar-refractivity contribution in [2.75, 3.05) is 43.7 Å². The number of benzene rings is 2. The highest BCUT2D eigenvalue weighted by Gasteiger charge is 2.22. The number of nitrogens with two attached hydrogens (primary N) is 1. The molecule has 0 unspecified atom stereocenters. The van der Waals surface area contributed by atoms with Crippen LogP contribution in [-0.2, 0) is 9.84 Å². The summed E-state index contributed by atoms with van der Waals surface area (Å²) in [7, 11) is 3.91. The van der Waals surface area contributed by atoms with E-state index in [9.17, 15) is 8.42 Å². The zero-order chi connectivity index (χ0) is 16.5. The summed E-state index contributed by atoms with van der Waals surface area (Å²) in [6, 6.07) is 11.6. The fourth-order valence-corrected chi connectivity index (χ4v) is 3.65. The molecule has 0 spiro atoms. The maximum absolute atomic E-state index is 12.9. The molecule has 0 aliphatic rings. The molecule has 0 aliphatic carbocycles. The van der Waals surface area contributed by atoms with Crippen molar-refractivity contribution in [1.82, 2.24) is 0 Å². The topological polar surface area (TPSA) is 66.6 Å². The lowest BCUT2D eigenvalue weighted by atomic mass is 10.2. The first-order valence-corrected chi connectivity index (χ1v) is 8.31. The van der Waals surface area contributed by atoms with Crippen LogP contribution in [0.15, 0.2) is 52.3 Å². The maximum Gasteiger partial charge on any atom is 0.208 e. The van der Waals surface area contributed by atoms with Crippen LogP contribution in [0.1, 0.15) is 0 Å². The number of hydrogen-bond acceptors (Lipinski definition) is 5. The predicted molar refractivity (Wildman–Crippen MR) is 91.4 cm³/mol. The number of nitrogens with zero attached hydrogens (tertiary/aromatic N) is 2. The number of rotatable bonds is 4. The molecule has 2 rings (SSSR count). The van der Waals surface area contributed by atoms with Gasteiger partial charge < -0.3 is 15.5 Å². The quantitative estimate of drug-likeness (QED) is 0.876. The lowest BCUT2D eigenvalue weighted by molar-refractivity contribution is 0.596. The van der Waals surface area contributed by atoms with Crippen molar-refractivity contribution in [2.45, 2.75) is 9.79 Å². The summed E-state index contributed by atoms with van der Waals surface area (Å²) in [5.41, 5.74) is 7.77. The van der Waals surface area contributed by atoms with E-state index in [1.807, 2.05) is 39.2 Å². The van der Waals surface area contributed by atoms with Crippen LogP contribution in [0.2, 0.25) is 0 Å². The molecule has 0 fully saturated rings. The fourth-order valence-electron chi connectivity index (χ4n) is 2.13. The van der Waals surface area contributed by atoms with E-state index in [0.717, 1.165) is 5.69 Å². The Morgan fingerprint density at radius 3 is 1.95 bits per heavy atom. The molecular formula is C16H21N3O2S. The second kappa shape index (κ2) is 5.88. The largest absolute Gasteiger partial charge is 0.399 e. The smallest absolute Gasteiger partial charge is 0.208 e. The molecule has 0 bridgehead atoms. The van der Waals surface area contributed by atoms with Gasteiger partial charge in [-0.2, -0.15) is 0 Å². The van der Waals surface area contributed by atoms with E-state index < -0.39 is 9.84 Å². The van der Waals surface area contributed by atoms with Gasteiger partial charge in [-0.1, -0.05) is 0 Å². The zero-order valence-corrected chi connectivity index (χ0v) is 14.1. The van der Waals surface area contributed by atoms with E-state index in [1.165, 1.54) is 12.1 Å². The monoisotopic (exact) mass is 319 g/mol. The third-order valence-electron chi connectivity index (χ3n) is 3.42. The van der Waals surface area contributed by atoms with Crippen LogP contribution in [-0.4, -0.2) is 36.6 Å². The average Bonchev–Trinajstić information content (AvgIpc) is 2.46. The van der Waals surface area contributed by atoms with Crippen LogP contribution >= 0.6 is 0 Å². The summed E-state index contributed by atoms with van der Waals surface area (Å²) in [6.07, 6.45) is 0. The van der Waals surface area contributed by atoms with Gasteiger partial charge in [-0.15, -0.1) is 0 Å². The summed E-state index contributed by atoms with van der Waals surface area (Å²) >= 11 is 0. The highest BCUT2D eigenvalue weighted by molar-refractivity contribution is 7.91. The van der Waals surface area contributed by atoms with E-state index in [4.69, 9.17) is 5.73 Å². The van der Waals surface area contributed by atoms with Gasteiger partial charge in [-0.25, -0.2) is 8.42 Å². The number of nitrogen functional groups attached to an aromatic ring is 1. The van der Waals surface area contributed by atoms with Gasteiger partial charge >= 0.3 is 0 Å². The minimum Gasteiger partial charge on any atom is -0.399 e. The first kappa shape index (κ1) is 16.2. The van der Waals surface area contributed by atoms with Gasteiger partial charge in [0.25, 0.3) is 0 Å². The Morgan fingerprint density at radius 2 is 1.45 bits per heavy atom. The molecule has 0 aromatic heterocycles. The minimum atomic E-state index is -3.59. The lowest BCUT2D eigenvalue weighted by Crippen LogP contribution is -2.16. The van der Waals surface area contributed by atoms with Crippen LogP contribution in [0, 0.1) is 0 Å². The molecule has 0 saturated carbocycles. The van der Waals surface area contributed by atoms with Crippen molar-refractivity contribution in [3.05, 3.63) is 42.5 Å². The zero-order valence-electron chi connectivity index (χ0n) is 13.2. The van der Waals surface area contributed by atoms with Crippen molar-refractivity contribution in [2.24, 2.45) is 0 Å². The first-order valence-electron chi connectivity index (χ1n) is 6.83. The van der Waals surface area contributed by atoms with Crippen LogP contribution in [0.25, 0.3) is 0 Å². The molecule has 0 amide bonds. The lowest BCUT2D eigenvalue weighted by Gasteiger charge is -2.21. The van der Waals surface area contributed by atoms with Gasteiger partial charge in [0.2, 0.25) is 9.84 Å². The van der Waals surface area contributed by atoms with Crippen molar-refractivity contribution < 1.29 is 8.42 Å². The van der Waals surface area contributed by atoms with Crippen molar-refractivity contribution >= 4 is 26.9 Å². The van der Waals surface area contributed by atoms with Crippen molar-refractivity contribution in [3.63, 3.8) is 0 Å². The Hall–Kier alpha value is -2.21. The summed E-state index contributed by atoms with van der Waals surface area (Å²) in [5, 5.41) is 0. The van der Waals surface area contributed by atoms with E-state index in [0.29, 0.717) is 11.4 Å². The highest BCUT2D eigenvalue weighted by atomic mass is 32.2. The molecule has 0 aliphatic heterocycles. The van der Waals surface area contributed by atoms with Crippen LogP contribution in [0.5, 0.6) is 0 Å². The van der Waals surface area contributed by atoms with Crippen molar-refractivity contribution in [3.8, 4) is 0 Å². The van der Waals surface area contributed by atoms with Gasteiger partial charge in [0, 0.05) is 39.6 Å². The summed E-state index contributed by atoms with van der Waals surface area (Å²) in [6.45, 7) is 0. The molecule has 0 heterocycles. The van der Waals surface area contributed by atoms with Crippen LogP contribution in [0.4, 0.5) is 17.1 Å². The van der Waals surface area contributed by atoms with E-state index in [1.54, 1.807) is 29.2 Å². The van der Waals surface area contributed by atoms with Gasteiger partial charge in [-0.3, -0.25) is 0 Å². The molecule has 0 radical (unpaired) electrons. The summed E-state index contributed by atoms with van der Waals surface area (Å²) in [5.74, 6) is 0. The molecule has 2 aromatic rings. The Morgan fingerprint density at radius 1 is 0.864 bits per heavy atom. The molecular weight excluding hydrogens is 298 g/mol. The average molecular weight is 319 g/mol. The molecule has 5 nitrogen and oxygen atoms in total. The van der Waals surface area contributed by atoms with Crippen molar-refractivity contribution in [1.29, 1.82) is 0 Å². The van der Waals surface area contributed by atoms with E-state index in [-0.39, 0.29) is 9.79 Å². The SMILES string of the molecule is CN(C)c1ccc(S(=O)(=O)c2ccc(N)cc2)c(N(C)C)c1. The predicted octanol–water partition coefficient (Wildman–Crippen LogP) is 2.23. The molecule has 2 N–H and O–H groups in total. The van der Waals surface area contributed by atoms with E-state index in [2.05, 4.69) is 0 Å². The summed E-state index contributed by atoms with van der Waals surface area (Å²) < 4.78 is 25.7. The number of hydrogen-bond donors (Lipinski definition) is 1. The third-order valence-corrected chi connectivity index (χ3v) is 5.24. The normalized spacial score (nSPS) is 11.3. The maximum atomic E-state index is 12.9. The number of sulfone groups is 1. The first-order chi connectivity index (χ1) is 10.2. The van der Waals surface area contributed by atoms with E-state index >= 15 is 0 Å². The van der Waals surface area contributed by atoms with Gasteiger partial charge in [0.1, 0.15) is 0 Å². The Balaban J connectivity index is 2.62. The fraction of sp³-hybridized carbons (Fsp3) is 0.250. The van der Waals surface area contributed by atoms with Gasteiger partial charge in [0.05, 0.1) is 15.5 Å². The standard InChI is InChI=1S/C16H21N3O2S/c1-18(2)13-7-10-16(15(11-13)19(3)4)22(20,21)14-8-5-12(17)6-9-14/h5-11H,17H2,1-4H3. The Bertz CT molecular complexity index is 766. The highest BCUT2D eigenvalue weighted by Crippen LogP contribution is 2.32. The van der Waals surface area contributed by atoms with Crippen LogP contribution < -0.4 is 15.5 Å². The van der Waals surface area contributed by atoms with Gasteiger partial charge in [0.15, 0.2) is 0 Å². The second-order valence-corrected chi connectivity index (χ2v) is 7.43. The third kappa shape index (κ3) is 3.01. The van der Waals surface area contributed by atoms with Crippen LogP contribution in [0.3, 0.4) is 0 Å². The summed E-state index contributed by atoms with van der Waals surface area (Å²) in [4.78, 5) is 4.26. The second-order valence-electron chi connectivity index (χ2n) is 5.51.